The molecular weight excluding hydrogens is 454 g/mol. The molecule has 1 saturated heterocycles. The van der Waals surface area contributed by atoms with Crippen molar-refractivity contribution in [2.45, 2.75) is 12.5 Å². The number of methoxy groups -OCH3 is 1. The zero-order valence-electron chi connectivity index (χ0n) is 19.9. The Morgan fingerprint density at radius 3 is 2.86 bits per heavy atom. The van der Waals surface area contributed by atoms with Crippen molar-refractivity contribution in [2.24, 2.45) is 0 Å². The van der Waals surface area contributed by atoms with E-state index in [0.29, 0.717) is 29.2 Å². The summed E-state index contributed by atoms with van der Waals surface area (Å²) in [5, 5.41) is 13.7. The third-order valence-electron chi connectivity index (χ3n) is 5.95. The molecule has 0 bridgehead atoms. The van der Waals surface area contributed by atoms with Crippen molar-refractivity contribution in [1.82, 2.24) is 20.3 Å². The van der Waals surface area contributed by atoms with Gasteiger partial charge in [0.25, 0.3) is 0 Å². The first-order valence-electron chi connectivity index (χ1n) is 11.7. The Morgan fingerprint density at radius 2 is 2.06 bits per heavy atom. The summed E-state index contributed by atoms with van der Waals surface area (Å²) in [4.78, 5) is 25.6. The molecule has 4 N–H and O–H groups in total. The molecule has 4 aromatic rings. The van der Waals surface area contributed by atoms with Gasteiger partial charge in [-0.05, 0) is 48.9 Å². The van der Waals surface area contributed by atoms with E-state index < -0.39 is 0 Å². The number of pyridine rings is 1. The van der Waals surface area contributed by atoms with E-state index >= 15 is 0 Å². The van der Waals surface area contributed by atoms with Gasteiger partial charge in [-0.3, -0.25) is 4.79 Å². The molecule has 5 rings (SSSR count). The number of amides is 1. The molecule has 0 radical (unpaired) electrons. The molecule has 1 aliphatic rings. The van der Waals surface area contributed by atoms with Crippen LogP contribution in [0.4, 0.5) is 23.1 Å². The standard InChI is InChI=1S/C27H27N7O2/c1-3-24(35)31-19-8-4-6-17(14-19)21-9-5-7-18-15-29-27(34-25(18)21)32-22-10-11-23(33-26(22)36-2)30-20-12-13-28-16-20/h3-11,14-15,20,28H,1,12-13,16H2,2H3,(H,30,33)(H,31,35)(H,29,32,34). The third kappa shape index (κ3) is 5.11. The molecule has 0 aliphatic carbocycles. The van der Waals surface area contributed by atoms with Crippen LogP contribution in [0.3, 0.4) is 0 Å². The number of anilines is 4. The van der Waals surface area contributed by atoms with E-state index in [1.165, 1.54) is 6.08 Å². The second-order valence-electron chi connectivity index (χ2n) is 8.42. The molecular formula is C27H27N7O2. The molecule has 2 aromatic heterocycles. The van der Waals surface area contributed by atoms with Crippen molar-refractivity contribution in [3.63, 3.8) is 0 Å². The number of nitrogens with zero attached hydrogens (tertiary/aromatic N) is 3. The highest BCUT2D eigenvalue weighted by atomic mass is 16.5. The van der Waals surface area contributed by atoms with Gasteiger partial charge in [-0.25, -0.2) is 9.97 Å². The van der Waals surface area contributed by atoms with Gasteiger partial charge in [-0.1, -0.05) is 36.9 Å². The number of aromatic nitrogens is 3. The van der Waals surface area contributed by atoms with Crippen LogP contribution in [0, 0.1) is 0 Å². The lowest BCUT2D eigenvalue weighted by Gasteiger charge is -2.15. The molecule has 1 fully saturated rings. The molecule has 0 saturated carbocycles. The molecule has 9 nitrogen and oxygen atoms in total. The highest BCUT2D eigenvalue weighted by Crippen LogP contribution is 2.31. The molecule has 9 heteroatoms. The lowest BCUT2D eigenvalue weighted by Crippen LogP contribution is -2.22. The van der Waals surface area contributed by atoms with E-state index in [9.17, 15) is 4.79 Å². The van der Waals surface area contributed by atoms with Gasteiger partial charge in [-0.15, -0.1) is 0 Å². The first-order valence-corrected chi connectivity index (χ1v) is 11.7. The first-order chi connectivity index (χ1) is 17.6. The fourth-order valence-corrected chi connectivity index (χ4v) is 4.19. The Balaban J connectivity index is 1.44. The van der Waals surface area contributed by atoms with Crippen LogP contribution in [0.15, 0.2) is 73.4 Å². The number of fused-ring (bicyclic) bond motifs is 1. The number of carbonyl (C=O) groups is 1. The van der Waals surface area contributed by atoms with Gasteiger partial charge in [0.2, 0.25) is 17.7 Å². The number of carbonyl (C=O) groups excluding carboxylic acids is 1. The van der Waals surface area contributed by atoms with Gasteiger partial charge in [0.05, 0.1) is 12.6 Å². The average molecular weight is 482 g/mol. The van der Waals surface area contributed by atoms with Crippen molar-refractivity contribution < 1.29 is 9.53 Å². The van der Waals surface area contributed by atoms with E-state index in [0.717, 1.165) is 47.4 Å². The monoisotopic (exact) mass is 481 g/mol. The highest BCUT2D eigenvalue weighted by molar-refractivity contribution is 6.00. The van der Waals surface area contributed by atoms with Crippen LogP contribution in [0.2, 0.25) is 0 Å². The van der Waals surface area contributed by atoms with E-state index in [1.807, 2.05) is 54.6 Å². The molecule has 36 heavy (non-hydrogen) atoms. The second-order valence-corrected chi connectivity index (χ2v) is 8.42. The number of hydrogen-bond acceptors (Lipinski definition) is 8. The summed E-state index contributed by atoms with van der Waals surface area (Å²) < 4.78 is 5.53. The minimum Gasteiger partial charge on any atom is -0.479 e. The van der Waals surface area contributed by atoms with Gasteiger partial charge in [0.1, 0.15) is 11.5 Å². The van der Waals surface area contributed by atoms with Crippen molar-refractivity contribution in [3.8, 4) is 17.0 Å². The third-order valence-corrected chi connectivity index (χ3v) is 5.95. The summed E-state index contributed by atoms with van der Waals surface area (Å²) in [5.41, 5.74) is 3.96. The quantitative estimate of drug-likeness (QED) is 0.275. The van der Waals surface area contributed by atoms with Crippen LogP contribution in [0.1, 0.15) is 6.42 Å². The van der Waals surface area contributed by atoms with Gasteiger partial charge in [0.15, 0.2) is 0 Å². The number of ether oxygens (including phenoxy) is 1. The van der Waals surface area contributed by atoms with Crippen molar-refractivity contribution in [1.29, 1.82) is 0 Å². The van der Waals surface area contributed by atoms with Crippen molar-refractivity contribution in [2.75, 3.05) is 36.1 Å². The second kappa shape index (κ2) is 10.4. The maximum atomic E-state index is 11.7. The highest BCUT2D eigenvalue weighted by Gasteiger charge is 2.16. The van der Waals surface area contributed by atoms with E-state index in [1.54, 1.807) is 13.3 Å². The Labute approximate surface area is 209 Å². The summed E-state index contributed by atoms with van der Waals surface area (Å²) in [6, 6.07) is 17.7. The molecule has 3 heterocycles. The Kier molecular flexibility index (Phi) is 6.72. The molecule has 1 amide bonds. The normalized spacial score (nSPS) is 14.9. The first kappa shape index (κ1) is 23.3. The number of hydrogen-bond donors (Lipinski definition) is 4. The van der Waals surface area contributed by atoms with Crippen LogP contribution < -0.4 is 26.0 Å². The SMILES string of the molecule is C=CC(=O)Nc1cccc(-c2cccc3cnc(Nc4ccc(NC5CCNC5)nc4OC)nc23)c1. The molecule has 1 atom stereocenters. The topological polar surface area (TPSA) is 113 Å². The molecule has 0 spiro atoms. The van der Waals surface area contributed by atoms with Gasteiger partial charge in [-0.2, -0.15) is 4.98 Å². The summed E-state index contributed by atoms with van der Waals surface area (Å²) in [5.74, 6) is 1.37. The van der Waals surface area contributed by atoms with Gasteiger partial charge in [0, 0.05) is 35.4 Å². The van der Waals surface area contributed by atoms with E-state index in [-0.39, 0.29) is 5.91 Å². The van der Waals surface area contributed by atoms with Crippen LogP contribution in [-0.2, 0) is 4.79 Å². The smallest absolute Gasteiger partial charge is 0.247 e. The number of benzene rings is 2. The number of para-hydroxylation sites is 1. The summed E-state index contributed by atoms with van der Waals surface area (Å²) >= 11 is 0. The maximum absolute atomic E-state index is 11.7. The van der Waals surface area contributed by atoms with E-state index in [4.69, 9.17) is 9.72 Å². The fourth-order valence-electron chi connectivity index (χ4n) is 4.19. The fraction of sp³-hybridized carbons (Fsp3) is 0.185. The molecule has 182 valence electrons. The van der Waals surface area contributed by atoms with Gasteiger partial charge >= 0.3 is 0 Å². The van der Waals surface area contributed by atoms with Crippen LogP contribution >= 0.6 is 0 Å². The minimum atomic E-state index is -0.262. The average Bonchev–Trinajstić information content (AvgIpc) is 3.42. The molecule has 2 aromatic carbocycles. The largest absolute Gasteiger partial charge is 0.479 e. The van der Waals surface area contributed by atoms with Crippen molar-refractivity contribution in [3.05, 3.63) is 73.4 Å². The Bertz CT molecular complexity index is 1420. The minimum absolute atomic E-state index is 0.262. The number of nitrogens with one attached hydrogen (secondary N) is 4. The van der Waals surface area contributed by atoms with Crippen molar-refractivity contribution >= 4 is 40.0 Å². The van der Waals surface area contributed by atoms with E-state index in [2.05, 4.69) is 37.8 Å². The maximum Gasteiger partial charge on any atom is 0.247 e. The summed E-state index contributed by atoms with van der Waals surface area (Å²) in [6.45, 7) is 5.43. The van der Waals surface area contributed by atoms with Crippen LogP contribution in [0.25, 0.3) is 22.0 Å². The summed E-state index contributed by atoms with van der Waals surface area (Å²) in [7, 11) is 1.59. The lowest BCUT2D eigenvalue weighted by atomic mass is 10.0. The molecule has 1 aliphatic heterocycles. The number of rotatable bonds is 8. The molecule has 1 unspecified atom stereocenters. The van der Waals surface area contributed by atoms with Crippen LogP contribution in [-0.4, -0.2) is 47.1 Å². The predicted molar refractivity (Wildman–Crippen MR) is 143 cm³/mol. The zero-order valence-corrected chi connectivity index (χ0v) is 19.9. The lowest BCUT2D eigenvalue weighted by molar-refractivity contribution is -0.111. The van der Waals surface area contributed by atoms with Gasteiger partial charge < -0.3 is 26.0 Å². The predicted octanol–water partition coefficient (Wildman–Crippen LogP) is 4.34. The summed E-state index contributed by atoms with van der Waals surface area (Å²) in [6.07, 6.45) is 4.08. The Hall–Kier alpha value is -4.50. The Morgan fingerprint density at radius 1 is 1.17 bits per heavy atom. The zero-order chi connectivity index (χ0) is 24.9. The van der Waals surface area contributed by atoms with Crippen LogP contribution in [0.5, 0.6) is 5.88 Å².